The number of piperidine rings is 1. The van der Waals surface area contributed by atoms with Crippen LogP contribution in [0.15, 0.2) is 51.8 Å². The molecular weight excluding hydrogens is 434 g/mol. The van der Waals surface area contributed by atoms with E-state index in [0.717, 1.165) is 4.47 Å². The number of ether oxygens (including phenoxy) is 2. The molecule has 6 nitrogen and oxygen atoms in total. The lowest BCUT2D eigenvalue weighted by Gasteiger charge is -2.46. The molecule has 27 heavy (non-hydrogen) atoms. The number of sulfone groups is 1. The van der Waals surface area contributed by atoms with Gasteiger partial charge in [0, 0.05) is 22.9 Å². The van der Waals surface area contributed by atoms with E-state index in [2.05, 4.69) is 21.2 Å². The third-order valence-corrected chi connectivity index (χ3v) is 7.72. The molecule has 1 amide bonds. The average Bonchev–Trinajstić information content (AvgIpc) is 2.60. The van der Waals surface area contributed by atoms with Gasteiger partial charge in [-0.05, 0) is 42.8 Å². The summed E-state index contributed by atoms with van der Waals surface area (Å²) < 4.78 is 38.6. The number of fused-ring (bicyclic) bond motifs is 4. The van der Waals surface area contributed by atoms with Gasteiger partial charge in [0.1, 0.15) is 11.5 Å². The fourth-order valence-corrected chi connectivity index (χ4v) is 5.93. The van der Waals surface area contributed by atoms with Crippen LogP contribution in [0.3, 0.4) is 0 Å². The zero-order valence-corrected chi connectivity index (χ0v) is 17.1. The number of nitrogens with one attached hydrogen (secondary N) is 1. The minimum absolute atomic E-state index is 0.121. The predicted molar refractivity (Wildman–Crippen MR) is 103 cm³/mol. The Morgan fingerprint density at radius 2 is 1.93 bits per heavy atom. The SMILES string of the molecule is COc1ccc2c(c1)O[C@@]1(C)C[C@@H]2[C@H](S(=O)(=O)c2ccc(Br)cc2)C(=O)N1. The maximum atomic E-state index is 13.3. The van der Waals surface area contributed by atoms with Crippen LogP contribution in [0.5, 0.6) is 11.5 Å². The Balaban J connectivity index is 1.84. The summed E-state index contributed by atoms with van der Waals surface area (Å²) in [4.78, 5) is 13.0. The third kappa shape index (κ3) is 3.00. The van der Waals surface area contributed by atoms with E-state index < -0.39 is 32.6 Å². The van der Waals surface area contributed by atoms with Gasteiger partial charge < -0.3 is 14.8 Å². The van der Waals surface area contributed by atoms with Crippen molar-refractivity contribution in [3.8, 4) is 11.5 Å². The highest BCUT2D eigenvalue weighted by Gasteiger charge is 2.54. The van der Waals surface area contributed by atoms with Gasteiger partial charge in [0.05, 0.1) is 12.0 Å². The lowest BCUT2D eigenvalue weighted by molar-refractivity contribution is -0.132. The lowest BCUT2D eigenvalue weighted by atomic mass is 9.81. The molecule has 2 aliphatic heterocycles. The van der Waals surface area contributed by atoms with Crippen molar-refractivity contribution < 1.29 is 22.7 Å². The Morgan fingerprint density at radius 1 is 1.22 bits per heavy atom. The number of amides is 1. The molecule has 1 fully saturated rings. The first-order valence-electron chi connectivity index (χ1n) is 8.42. The summed E-state index contributed by atoms with van der Waals surface area (Å²) in [6, 6.07) is 11.6. The van der Waals surface area contributed by atoms with Crippen LogP contribution in [0.25, 0.3) is 0 Å². The summed E-state index contributed by atoms with van der Waals surface area (Å²) in [5, 5.41) is 1.53. The average molecular weight is 452 g/mol. The van der Waals surface area contributed by atoms with Gasteiger partial charge in [-0.15, -0.1) is 0 Å². The molecule has 0 aliphatic carbocycles. The van der Waals surface area contributed by atoms with E-state index in [9.17, 15) is 13.2 Å². The van der Waals surface area contributed by atoms with E-state index in [1.54, 1.807) is 44.4 Å². The Morgan fingerprint density at radius 3 is 2.59 bits per heavy atom. The number of benzene rings is 2. The lowest BCUT2D eigenvalue weighted by Crippen LogP contribution is -2.63. The monoisotopic (exact) mass is 451 g/mol. The molecule has 0 aromatic heterocycles. The van der Waals surface area contributed by atoms with Crippen LogP contribution in [-0.2, 0) is 14.6 Å². The minimum atomic E-state index is -3.88. The third-order valence-electron chi connectivity index (χ3n) is 5.05. The normalized spacial score (nSPS) is 26.6. The first kappa shape index (κ1) is 18.3. The summed E-state index contributed by atoms with van der Waals surface area (Å²) in [6.07, 6.45) is 0.374. The highest BCUT2D eigenvalue weighted by atomic mass is 79.9. The van der Waals surface area contributed by atoms with Crippen LogP contribution in [-0.4, -0.2) is 32.4 Å². The molecule has 8 heteroatoms. The van der Waals surface area contributed by atoms with E-state index in [1.807, 2.05) is 0 Å². The molecule has 4 rings (SSSR count). The van der Waals surface area contributed by atoms with Gasteiger partial charge >= 0.3 is 0 Å². The molecule has 3 atom stereocenters. The molecule has 2 heterocycles. The molecule has 2 bridgehead atoms. The smallest absolute Gasteiger partial charge is 0.242 e. The van der Waals surface area contributed by atoms with E-state index in [4.69, 9.17) is 9.47 Å². The molecular formula is C19H18BrNO5S. The summed E-state index contributed by atoms with van der Waals surface area (Å²) >= 11 is 3.30. The van der Waals surface area contributed by atoms with Crippen molar-refractivity contribution in [3.05, 3.63) is 52.5 Å². The maximum Gasteiger partial charge on any atom is 0.242 e. The van der Waals surface area contributed by atoms with Crippen molar-refractivity contribution in [2.45, 2.75) is 35.1 Å². The zero-order chi connectivity index (χ0) is 19.4. The Labute approximate surface area is 165 Å². The second kappa shape index (κ2) is 6.24. The molecule has 2 aromatic carbocycles. The molecule has 1 N–H and O–H groups in total. The number of halogens is 1. The Hall–Kier alpha value is -2.06. The summed E-state index contributed by atoms with van der Waals surface area (Å²) in [6.45, 7) is 1.75. The van der Waals surface area contributed by atoms with E-state index >= 15 is 0 Å². The van der Waals surface area contributed by atoms with Crippen LogP contribution in [0, 0.1) is 0 Å². The number of carbonyl (C=O) groups is 1. The number of methoxy groups -OCH3 is 1. The summed E-state index contributed by atoms with van der Waals surface area (Å²) in [5.74, 6) is 0.0882. The van der Waals surface area contributed by atoms with Crippen molar-refractivity contribution in [2.24, 2.45) is 0 Å². The molecule has 142 valence electrons. The predicted octanol–water partition coefficient (Wildman–Crippen LogP) is 3.01. The van der Waals surface area contributed by atoms with Crippen molar-refractivity contribution in [3.63, 3.8) is 0 Å². The zero-order valence-electron chi connectivity index (χ0n) is 14.7. The van der Waals surface area contributed by atoms with E-state index in [0.29, 0.717) is 23.5 Å². The first-order chi connectivity index (χ1) is 12.7. The van der Waals surface area contributed by atoms with Gasteiger partial charge in [-0.1, -0.05) is 22.0 Å². The van der Waals surface area contributed by atoms with Gasteiger partial charge in [0.2, 0.25) is 5.91 Å². The second-order valence-electron chi connectivity index (χ2n) is 6.96. The van der Waals surface area contributed by atoms with Crippen LogP contribution >= 0.6 is 15.9 Å². The highest BCUT2D eigenvalue weighted by Crippen LogP contribution is 2.48. The number of hydrogen-bond donors (Lipinski definition) is 1. The molecule has 0 radical (unpaired) electrons. The van der Waals surface area contributed by atoms with E-state index in [-0.39, 0.29) is 4.90 Å². The minimum Gasteiger partial charge on any atom is -0.497 e. The highest BCUT2D eigenvalue weighted by molar-refractivity contribution is 9.10. The fourth-order valence-electron chi connectivity index (χ4n) is 3.84. The second-order valence-corrected chi connectivity index (χ2v) is 9.94. The Bertz CT molecular complexity index is 1020. The quantitative estimate of drug-likeness (QED) is 0.775. The van der Waals surface area contributed by atoms with Crippen LogP contribution in [0.2, 0.25) is 0 Å². The van der Waals surface area contributed by atoms with Gasteiger partial charge in [0.15, 0.2) is 20.8 Å². The number of rotatable bonds is 3. The molecule has 0 spiro atoms. The molecule has 2 aromatic rings. The molecule has 1 saturated heterocycles. The largest absolute Gasteiger partial charge is 0.497 e. The van der Waals surface area contributed by atoms with Crippen LogP contribution in [0.4, 0.5) is 0 Å². The molecule has 0 unspecified atom stereocenters. The van der Waals surface area contributed by atoms with Crippen molar-refractivity contribution in [1.82, 2.24) is 5.32 Å². The maximum absolute atomic E-state index is 13.3. The number of hydrogen-bond acceptors (Lipinski definition) is 5. The van der Waals surface area contributed by atoms with Gasteiger partial charge in [-0.25, -0.2) is 8.42 Å². The summed E-state index contributed by atoms with van der Waals surface area (Å²) in [7, 11) is -2.33. The molecule has 2 aliphatic rings. The fraction of sp³-hybridized carbons (Fsp3) is 0.316. The van der Waals surface area contributed by atoms with Crippen molar-refractivity contribution >= 4 is 31.7 Å². The van der Waals surface area contributed by atoms with Gasteiger partial charge in [-0.3, -0.25) is 4.79 Å². The van der Waals surface area contributed by atoms with Crippen molar-refractivity contribution in [1.29, 1.82) is 0 Å². The standard InChI is InChI=1S/C19H18BrNO5S/c1-19-10-15(14-8-5-12(25-2)9-16(14)26-19)17(18(22)21-19)27(23,24)13-6-3-11(20)4-7-13/h3-9,15,17H,10H2,1-2H3,(H,21,22)/t15-,17-,19-/m0/s1. The summed E-state index contributed by atoms with van der Waals surface area (Å²) in [5.41, 5.74) is -0.249. The van der Waals surface area contributed by atoms with Crippen LogP contribution in [0.1, 0.15) is 24.8 Å². The van der Waals surface area contributed by atoms with E-state index in [1.165, 1.54) is 12.1 Å². The Kier molecular flexibility index (Phi) is 4.23. The van der Waals surface area contributed by atoms with Gasteiger partial charge in [-0.2, -0.15) is 0 Å². The van der Waals surface area contributed by atoms with Crippen molar-refractivity contribution in [2.75, 3.05) is 7.11 Å². The van der Waals surface area contributed by atoms with Crippen LogP contribution < -0.4 is 14.8 Å². The van der Waals surface area contributed by atoms with Gasteiger partial charge in [0.25, 0.3) is 0 Å². The molecule has 0 saturated carbocycles. The number of carbonyl (C=O) groups excluding carboxylic acids is 1. The first-order valence-corrected chi connectivity index (χ1v) is 10.8. The topological polar surface area (TPSA) is 81.7 Å².